The van der Waals surface area contributed by atoms with Crippen molar-refractivity contribution in [3.63, 3.8) is 0 Å². The molecule has 1 unspecified atom stereocenters. The number of nitrogens with one attached hydrogen (secondary N) is 1. The molecule has 1 saturated heterocycles. The summed E-state index contributed by atoms with van der Waals surface area (Å²) in [5, 5.41) is 3.29. The standard InChI is InChI=1S/C23H34N2O4S/c1-15-12-17(13-19(16(15)2)30(27,28)25-8-10-29-11-9-25)20(26)24-21-22(3,4)18-6-7-23(21,5)14-18/h12-13,18,21H,6-11,14H2,1-5H3,(H,24,26)/t18-,21?,23+/m1/s1. The first-order valence-electron chi connectivity index (χ1n) is 11.0. The van der Waals surface area contributed by atoms with Crippen LogP contribution in [0.3, 0.4) is 0 Å². The Balaban J connectivity index is 1.65. The van der Waals surface area contributed by atoms with Gasteiger partial charge in [0.25, 0.3) is 5.91 Å². The predicted octanol–water partition coefficient (Wildman–Crippen LogP) is 3.27. The molecule has 0 radical (unpaired) electrons. The Hall–Kier alpha value is -1.44. The van der Waals surface area contributed by atoms with E-state index in [0.717, 1.165) is 18.4 Å². The highest BCUT2D eigenvalue weighted by molar-refractivity contribution is 7.89. The van der Waals surface area contributed by atoms with Gasteiger partial charge in [0, 0.05) is 24.7 Å². The number of hydrogen-bond donors (Lipinski definition) is 1. The third-order valence-electron chi connectivity index (χ3n) is 8.01. The summed E-state index contributed by atoms with van der Waals surface area (Å²) in [6, 6.07) is 3.47. The van der Waals surface area contributed by atoms with Crippen LogP contribution in [0.2, 0.25) is 0 Å². The second-order valence-electron chi connectivity index (χ2n) is 10.3. The third kappa shape index (κ3) is 3.39. The summed E-state index contributed by atoms with van der Waals surface area (Å²) in [7, 11) is -3.67. The minimum atomic E-state index is -3.67. The van der Waals surface area contributed by atoms with E-state index in [1.54, 1.807) is 6.07 Å². The number of hydrogen-bond acceptors (Lipinski definition) is 4. The Kier molecular flexibility index (Phi) is 5.31. The Morgan fingerprint density at radius 1 is 1.17 bits per heavy atom. The third-order valence-corrected chi connectivity index (χ3v) is 10.0. The lowest BCUT2D eigenvalue weighted by Crippen LogP contribution is -2.52. The van der Waals surface area contributed by atoms with E-state index in [1.807, 2.05) is 19.9 Å². The molecule has 1 heterocycles. The van der Waals surface area contributed by atoms with E-state index in [4.69, 9.17) is 4.74 Å². The maximum absolute atomic E-state index is 13.3. The average Bonchev–Trinajstić information content (AvgIpc) is 3.18. The van der Waals surface area contributed by atoms with E-state index in [-0.39, 0.29) is 27.7 Å². The molecule has 3 aliphatic rings. The molecule has 30 heavy (non-hydrogen) atoms. The van der Waals surface area contributed by atoms with E-state index in [0.29, 0.717) is 43.3 Å². The molecule has 3 fully saturated rings. The van der Waals surface area contributed by atoms with Crippen LogP contribution in [0.15, 0.2) is 17.0 Å². The van der Waals surface area contributed by atoms with Crippen LogP contribution in [0.1, 0.15) is 61.5 Å². The van der Waals surface area contributed by atoms with Crippen molar-refractivity contribution in [3.8, 4) is 0 Å². The molecule has 1 aliphatic heterocycles. The quantitative estimate of drug-likeness (QED) is 0.789. The summed E-state index contributed by atoms with van der Waals surface area (Å²) in [5.74, 6) is 0.452. The van der Waals surface area contributed by atoms with Crippen molar-refractivity contribution in [3.05, 3.63) is 28.8 Å². The number of carbonyl (C=O) groups is 1. The summed E-state index contributed by atoms with van der Waals surface area (Å²) in [5.41, 5.74) is 2.10. The number of nitrogens with zero attached hydrogens (tertiary/aromatic N) is 1. The first-order chi connectivity index (χ1) is 14.0. The maximum Gasteiger partial charge on any atom is 0.251 e. The second kappa shape index (κ2) is 7.31. The number of aryl methyl sites for hydroxylation is 1. The van der Waals surface area contributed by atoms with Gasteiger partial charge in [-0.05, 0) is 73.1 Å². The highest BCUT2D eigenvalue weighted by Crippen LogP contribution is 2.62. The summed E-state index contributed by atoms with van der Waals surface area (Å²) < 4.78 is 33.3. The number of sulfonamides is 1. The zero-order valence-corrected chi connectivity index (χ0v) is 19.6. The lowest BCUT2D eigenvalue weighted by molar-refractivity contribution is 0.0728. The van der Waals surface area contributed by atoms with Crippen LogP contribution < -0.4 is 5.32 Å². The van der Waals surface area contributed by atoms with E-state index in [1.165, 1.54) is 10.7 Å². The lowest BCUT2D eigenvalue weighted by atomic mass is 9.68. The van der Waals surface area contributed by atoms with Gasteiger partial charge in [-0.15, -0.1) is 0 Å². The summed E-state index contributed by atoms with van der Waals surface area (Å²) >= 11 is 0. The zero-order valence-electron chi connectivity index (χ0n) is 18.7. The molecule has 2 bridgehead atoms. The number of benzene rings is 1. The van der Waals surface area contributed by atoms with Crippen molar-refractivity contribution in [2.45, 2.75) is 64.8 Å². The van der Waals surface area contributed by atoms with Gasteiger partial charge in [0.1, 0.15) is 0 Å². The average molecular weight is 435 g/mol. The molecule has 6 nitrogen and oxygen atoms in total. The Labute approximate surface area is 180 Å². The van der Waals surface area contributed by atoms with Gasteiger partial charge in [-0.25, -0.2) is 8.42 Å². The van der Waals surface area contributed by atoms with Crippen molar-refractivity contribution in [2.75, 3.05) is 26.3 Å². The number of fused-ring (bicyclic) bond motifs is 2. The molecule has 3 atom stereocenters. The normalized spacial score (nSPS) is 31.1. The van der Waals surface area contributed by atoms with Crippen molar-refractivity contribution >= 4 is 15.9 Å². The molecular formula is C23H34N2O4S. The number of rotatable bonds is 4. The van der Waals surface area contributed by atoms with Gasteiger partial charge in [0.05, 0.1) is 18.1 Å². The molecule has 1 N–H and O–H groups in total. The smallest absolute Gasteiger partial charge is 0.251 e. The van der Waals surface area contributed by atoms with Crippen LogP contribution in [0, 0.1) is 30.6 Å². The first kappa shape index (κ1) is 21.8. The Bertz CT molecular complexity index is 961. The monoisotopic (exact) mass is 434 g/mol. The highest BCUT2D eigenvalue weighted by Gasteiger charge is 2.59. The van der Waals surface area contributed by atoms with Crippen molar-refractivity contribution in [2.24, 2.45) is 16.7 Å². The van der Waals surface area contributed by atoms with Gasteiger partial charge in [-0.3, -0.25) is 4.79 Å². The number of amides is 1. The molecule has 0 spiro atoms. The van der Waals surface area contributed by atoms with E-state index < -0.39 is 10.0 Å². The Morgan fingerprint density at radius 3 is 2.43 bits per heavy atom. The van der Waals surface area contributed by atoms with Gasteiger partial charge < -0.3 is 10.1 Å². The van der Waals surface area contributed by atoms with Gasteiger partial charge in [0.15, 0.2) is 0 Å². The first-order valence-corrected chi connectivity index (χ1v) is 12.4. The van der Waals surface area contributed by atoms with Crippen LogP contribution in [-0.4, -0.2) is 51.0 Å². The van der Waals surface area contributed by atoms with Crippen LogP contribution in [-0.2, 0) is 14.8 Å². The van der Waals surface area contributed by atoms with Crippen LogP contribution in [0.4, 0.5) is 0 Å². The minimum absolute atomic E-state index is 0.0467. The van der Waals surface area contributed by atoms with Crippen molar-refractivity contribution in [1.82, 2.24) is 9.62 Å². The summed E-state index contributed by atoms with van der Waals surface area (Å²) in [6.45, 7) is 11.9. The van der Waals surface area contributed by atoms with Crippen molar-refractivity contribution in [1.29, 1.82) is 0 Å². The molecule has 166 valence electrons. The minimum Gasteiger partial charge on any atom is -0.379 e. The predicted molar refractivity (Wildman–Crippen MR) is 116 cm³/mol. The van der Waals surface area contributed by atoms with E-state index >= 15 is 0 Å². The topological polar surface area (TPSA) is 75.7 Å². The van der Waals surface area contributed by atoms with Crippen LogP contribution >= 0.6 is 0 Å². The maximum atomic E-state index is 13.3. The summed E-state index contributed by atoms with van der Waals surface area (Å²) in [4.78, 5) is 13.5. The second-order valence-corrected chi connectivity index (χ2v) is 12.2. The molecule has 1 aromatic carbocycles. The molecule has 1 amide bonds. The van der Waals surface area contributed by atoms with Gasteiger partial charge in [-0.1, -0.05) is 20.8 Å². The van der Waals surface area contributed by atoms with Crippen molar-refractivity contribution < 1.29 is 17.9 Å². The molecule has 0 aromatic heterocycles. The molecule has 1 aromatic rings. The number of carbonyl (C=O) groups excluding carboxylic acids is 1. The molecular weight excluding hydrogens is 400 g/mol. The lowest BCUT2D eigenvalue weighted by Gasteiger charge is -2.43. The summed E-state index contributed by atoms with van der Waals surface area (Å²) in [6.07, 6.45) is 3.51. The van der Waals surface area contributed by atoms with E-state index in [2.05, 4.69) is 26.1 Å². The number of morpholine rings is 1. The molecule has 2 saturated carbocycles. The molecule has 7 heteroatoms. The van der Waals surface area contributed by atoms with E-state index in [9.17, 15) is 13.2 Å². The van der Waals surface area contributed by atoms with Gasteiger partial charge >= 0.3 is 0 Å². The Morgan fingerprint density at radius 2 is 1.83 bits per heavy atom. The fraction of sp³-hybridized carbons (Fsp3) is 0.696. The SMILES string of the molecule is Cc1cc(C(=O)NC2C(C)(C)[C@@H]3CC[C@@]2(C)C3)cc(S(=O)(=O)N2CCOCC2)c1C. The number of ether oxygens (including phenoxy) is 1. The highest BCUT2D eigenvalue weighted by atomic mass is 32.2. The fourth-order valence-electron chi connectivity index (χ4n) is 6.03. The molecule has 2 aliphatic carbocycles. The van der Waals surface area contributed by atoms with Crippen LogP contribution in [0.5, 0.6) is 0 Å². The van der Waals surface area contributed by atoms with Gasteiger partial charge in [0.2, 0.25) is 10.0 Å². The van der Waals surface area contributed by atoms with Gasteiger partial charge in [-0.2, -0.15) is 4.31 Å². The fourth-order valence-corrected chi connectivity index (χ4v) is 7.76. The largest absolute Gasteiger partial charge is 0.379 e. The van der Waals surface area contributed by atoms with Crippen LogP contribution in [0.25, 0.3) is 0 Å². The molecule has 4 rings (SSSR count). The zero-order chi connectivity index (χ0) is 21.9.